The minimum absolute atomic E-state index is 0.0669. The monoisotopic (exact) mass is 464 g/mol. The normalized spacial score (nSPS) is 10.8. The van der Waals surface area contributed by atoms with E-state index in [2.05, 4.69) is 0 Å². The van der Waals surface area contributed by atoms with Gasteiger partial charge in [-0.2, -0.15) is 0 Å². The van der Waals surface area contributed by atoms with Crippen molar-refractivity contribution in [3.63, 3.8) is 0 Å². The van der Waals surface area contributed by atoms with E-state index in [9.17, 15) is 9.59 Å². The average Bonchev–Trinajstić information content (AvgIpc) is 3.26. The van der Waals surface area contributed by atoms with Crippen LogP contribution in [-0.4, -0.2) is 48.4 Å². The lowest BCUT2D eigenvalue weighted by Gasteiger charge is -2.30. The first-order valence-electron chi connectivity index (χ1n) is 11.2. The Bertz CT molecular complexity index is 1080. The summed E-state index contributed by atoms with van der Waals surface area (Å²) in [6, 6.07) is 18.3. The molecule has 0 atom stereocenters. The number of aryl methyl sites for hydroxylation is 1. The summed E-state index contributed by atoms with van der Waals surface area (Å²) < 4.78 is 16.3. The van der Waals surface area contributed by atoms with E-state index in [0.29, 0.717) is 35.9 Å². The van der Waals surface area contributed by atoms with Gasteiger partial charge in [0.2, 0.25) is 5.91 Å². The highest BCUT2D eigenvalue weighted by Crippen LogP contribution is 2.24. The molecule has 7 nitrogen and oxygen atoms in total. The zero-order valence-electron chi connectivity index (χ0n) is 20.4. The van der Waals surface area contributed by atoms with Crippen LogP contribution in [0.5, 0.6) is 11.5 Å². The number of ether oxygens (including phenoxy) is 2. The Balaban J connectivity index is 1.85. The van der Waals surface area contributed by atoms with Gasteiger partial charge in [0.05, 0.1) is 20.8 Å². The van der Waals surface area contributed by atoms with Crippen molar-refractivity contribution in [2.24, 2.45) is 0 Å². The van der Waals surface area contributed by atoms with Crippen LogP contribution in [0.15, 0.2) is 65.1 Å². The fourth-order valence-corrected chi connectivity index (χ4v) is 3.63. The Labute approximate surface area is 200 Å². The van der Waals surface area contributed by atoms with E-state index in [1.54, 1.807) is 28.0 Å². The van der Waals surface area contributed by atoms with Crippen LogP contribution in [0.1, 0.15) is 41.3 Å². The van der Waals surface area contributed by atoms with Crippen LogP contribution in [-0.2, 0) is 17.9 Å². The van der Waals surface area contributed by atoms with Gasteiger partial charge in [-0.15, -0.1) is 0 Å². The molecule has 0 spiro atoms. The minimum Gasteiger partial charge on any atom is -0.497 e. The summed E-state index contributed by atoms with van der Waals surface area (Å²) in [4.78, 5) is 30.2. The molecule has 0 aliphatic carbocycles. The van der Waals surface area contributed by atoms with Gasteiger partial charge in [0, 0.05) is 24.2 Å². The van der Waals surface area contributed by atoms with Gasteiger partial charge in [0.15, 0.2) is 0 Å². The Hall–Kier alpha value is -3.74. The van der Waals surface area contributed by atoms with Gasteiger partial charge in [0.1, 0.15) is 29.6 Å². The number of carbonyl (C=O) groups is 2. The molecule has 180 valence electrons. The molecule has 34 heavy (non-hydrogen) atoms. The third-order valence-electron chi connectivity index (χ3n) is 5.50. The summed E-state index contributed by atoms with van der Waals surface area (Å²) >= 11 is 0. The first kappa shape index (κ1) is 24.9. The van der Waals surface area contributed by atoms with Gasteiger partial charge in [-0.3, -0.25) is 9.59 Å². The van der Waals surface area contributed by atoms with Gasteiger partial charge in [-0.25, -0.2) is 0 Å². The van der Waals surface area contributed by atoms with E-state index in [1.165, 1.54) is 14.2 Å². The van der Waals surface area contributed by atoms with Crippen molar-refractivity contribution in [1.29, 1.82) is 0 Å². The summed E-state index contributed by atoms with van der Waals surface area (Å²) in [6.07, 6.45) is 0. The fourth-order valence-electron chi connectivity index (χ4n) is 3.63. The van der Waals surface area contributed by atoms with Crippen molar-refractivity contribution in [2.75, 3.05) is 20.8 Å². The molecule has 0 saturated carbocycles. The lowest BCUT2D eigenvalue weighted by Crippen LogP contribution is -2.45. The van der Waals surface area contributed by atoms with Crippen molar-refractivity contribution in [2.45, 2.75) is 39.9 Å². The number of rotatable bonds is 10. The molecule has 1 heterocycles. The van der Waals surface area contributed by atoms with E-state index >= 15 is 0 Å². The van der Waals surface area contributed by atoms with Gasteiger partial charge < -0.3 is 23.7 Å². The molecule has 0 N–H and O–H groups in total. The molecule has 3 aromatic rings. The standard InChI is InChI=1S/C27H32N2O5/c1-19(2)29(27(31)22-13-24(32-4)15-25(14-22)33-5)18-26(30)28(16-21-9-7-6-8-10-21)17-23-12-11-20(3)34-23/h6-15,19H,16-18H2,1-5H3. The second-order valence-electron chi connectivity index (χ2n) is 8.38. The number of amides is 2. The molecule has 0 unspecified atom stereocenters. The highest BCUT2D eigenvalue weighted by molar-refractivity contribution is 5.97. The maximum atomic E-state index is 13.5. The molecule has 0 radical (unpaired) electrons. The number of hydrogen-bond acceptors (Lipinski definition) is 5. The number of furan rings is 1. The molecular formula is C27H32N2O5. The van der Waals surface area contributed by atoms with Crippen molar-refractivity contribution >= 4 is 11.8 Å². The topological polar surface area (TPSA) is 72.2 Å². The van der Waals surface area contributed by atoms with Gasteiger partial charge in [-0.1, -0.05) is 30.3 Å². The Kier molecular flexibility index (Phi) is 8.35. The van der Waals surface area contributed by atoms with E-state index in [-0.39, 0.29) is 24.4 Å². The van der Waals surface area contributed by atoms with Crippen LogP contribution in [0.3, 0.4) is 0 Å². The smallest absolute Gasteiger partial charge is 0.254 e. The molecule has 2 amide bonds. The first-order chi connectivity index (χ1) is 16.3. The Morgan fingerprint density at radius 2 is 1.56 bits per heavy atom. The number of nitrogens with zero attached hydrogens (tertiary/aromatic N) is 2. The zero-order chi connectivity index (χ0) is 24.7. The predicted molar refractivity (Wildman–Crippen MR) is 130 cm³/mol. The van der Waals surface area contributed by atoms with E-state index < -0.39 is 0 Å². The van der Waals surface area contributed by atoms with Gasteiger partial charge in [-0.05, 0) is 50.6 Å². The lowest BCUT2D eigenvalue weighted by molar-refractivity contribution is -0.133. The molecule has 0 aliphatic heterocycles. The summed E-state index contributed by atoms with van der Waals surface area (Å²) in [6.45, 7) is 6.30. The fraction of sp³-hybridized carbons (Fsp3) is 0.333. The first-order valence-corrected chi connectivity index (χ1v) is 11.2. The summed E-state index contributed by atoms with van der Waals surface area (Å²) in [5.41, 5.74) is 1.40. The summed E-state index contributed by atoms with van der Waals surface area (Å²) in [7, 11) is 3.06. The van der Waals surface area contributed by atoms with Crippen molar-refractivity contribution < 1.29 is 23.5 Å². The summed E-state index contributed by atoms with van der Waals surface area (Å²) in [5.74, 6) is 2.06. The molecular weight excluding hydrogens is 432 g/mol. The molecule has 0 saturated heterocycles. The van der Waals surface area contributed by atoms with Crippen LogP contribution in [0.2, 0.25) is 0 Å². The van der Waals surface area contributed by atoms with Crippen LogP contribution in [0.4, 0.5) is 0 Å². The molecule has 3 rings (SSSR count). The lowest BCUT2D eigenvalue weighted by atomic mass is 10.1. The van der Waals surface area contributed by atoms with Gasteiger partial charge >= 0.3 is 0 Å². The molecule has 0 aliphatic rings. The Morgan fingerprint density at radius 3 is 2.09 bits per heavy atom. The van der Waals surface area contributed by atoms with Crippen molar-refractivity contribution in [3.8, 4) is 11.5 Å². The van der Waals surface area contributed by atoms with Crippen molar-refractivity contribution in [3.05, 3.63) is 83.3 Å². The zero-order valence-corrected chi connectivity index (χ0v) is 20.4. The Morgan fingerprint density at radius 1 is 0.912 bits per heavy atom. The number of hydrogen-bond donors (Lipinski definition) is 0. The number of methoxy groups -OCH3 is 2. The molecule has 0 fully saturated rings. The molecule has 0 bridgehead atoms. The summed E-state index contributed by atoms with van der Waals surface area (Å²) in [5, 5.41) is 0. The van der Waals surface area contributed by atoms with Gasteiger partial charge in [0.25, 0.3) is 5.91 Å². The van der Waals surface area contributed by atoms with E-state index in [0.717, 1.165) is 11.3 Å². The number of carbonyl (C=O) groups excluding carboxylic acids is 2. The second-order valence-corrected chi connectivity index (χ2v) is 8.38. The number of benzene rings is 2. The van der Waals surface area contributed by atoms with E-state index in [4.69, 9.17) is 13.9 Å². The van der Waals surface area contributed by atoms with Crippen molar-refractivity contribution in [1.82, 2.24) is 9.80 Å². The highest BCUT2D eigenvalue weighted by Gasteiger charge is 2.26. The third kappa shape index (κ3) is 6.41. The van der Waals surface area contributed by atoms with Crippen LogP contribution >= 0.6 is 0 Å². The van der Waals surface area contributed by atoms with E-state index in [1.807, 2.05) is 63.2 Å². The SMILES string of the molecule is COc1cc(OC)cc(C(=O)N(CC(=O)N(Cc2ccccc2)Cc2ccc(C)o2)C(C)C)c1. The van der Waals surface area contributed by atoms with Crippen LogP contribution in [0, 0.1) is 6.92 Å². The highest BCUT2D eigenvalue weighted by atomic mass is 16.5. The maximum Gasteiger partial charge on any atom is 0.254 e. The van der Waals surface area contributed by atoms with Crippen LogP contribution < -0.4 is 9.47 Å². The molecule has 2 aromatic carbocycles. The maximum absolute atomic E-state index is 13.5. The quantitative estimate of drug-likeness (QED) is 0.435. The largest absolute Gasteiger partial charge is 0.497 e. The molecule has 1 aromatic heterocycles. The second kappa shape index (κ2) is 11.4. The molecule has 7 heteroatoms. The average molecular weight is 465 g/mol. The predicted octanol–water partition coefficient (Wildman–Crippen LogP) is 4.68. The van der Waals surface area contributed by atoms with Crippen LogP contribution in [0.25, 0.3) is 0 Å². The minimum atomic E-state index is -0.269. The third-order valence-corrected chi connectivity index (χ3v) is 5.50.